The molecule has 1 N–H and O–H groups in total. The number of carbonyl (C=O) groups excluding carboxylic acids is 1. The Morgan fingerprint density at radius 3 is 2.37 bits per heavy atom. The summed E-state index contributed by atoms with van der Waals surface area (Å²) in [4.78, 5) is 10.4. The van der Waals surface area contributed by atoms with Crippen LogP contribution >= 0.6 is 0 Å². The molecular weight excluding hydrogens is 241 g/mol. The molecule has 1 atom stereocenters. The summed E-state index contributed by atoms with van der Waals surface area (Å²) in [6.45, 7) is 10.7. The van der Waals surface area contributed by atoms with Gasteiger partial charge >= 0.3 is 0 Å². The molecule has 19 heavy (non-hydrogen) atoms. The van der Waals surface area contributed by atoms with E-state index < -0.39 is 5.83 Å². The first-order valence-corrected chi connectivity index (χ1v) is 5.99. The quantitative estimate of drug-likeness (QED) is 0.608. The molecule has 0 aliphatic rings. The van der Waals surface area contributed by atoms with Crippen LogP contribution in [0.5, 0.6) is 0 Å². The Kier molecular flexibility index (Phi) is 5.24. The highest BCUT2D eigenvalue weighted by Crippen LogP contribution is 2.28. The standard InChI is InChI=1S/C16H18FNO/c1-5-11(2)16(12(3)17)15-8-6-14(7-9-15)13(4)18-10-19/h5-10,13H,1,3H2,2,4H3,(H,18,19)/b16-11+. The van der Waals surface area contributed by atoms with Gasteiger partial charge in [0.2, 0.25) is 6.41 Å². The van der Waals surface area contributed by atoms with Crippen molar-refractivity contribution in [1.82, 2.24) is 5.32 Å². The Hall–Kier alpha value is -2.16. The van der Waals surface area contributed by atoms with Gasteiger partial charge in [-0.05, 0) is 30.5 Å². The number of carbonyl (C=O) groups is 1. The minimum Gasteiger partial charge on any atom is -0.352 e. The van der Waals surface area contributed by atoms with Crippen LogP contribution in [0.4, 0.5) is 4.39 Å². The number of hydrogen-bond acceptors (Lipinski definition) is 1. The zero-order valence-corrected chi connectivity index (χ0v) is 11.2. The lowest BCUT2D eigenvalue weighted by Crippen LogP contribution is -2.15. The van der Waals surface area contributed by atoms with E-state index >= 15 is 0 Å². The number of hydrogen-bond donors (Lipinski definition) is 1. The molecule has 1 amide bonds. The van der Waals surface area contributed by atoms with E-state index in [0.29, 0.717) is 12.0 Å². The van der Waals surface area contributed by atoms with E-state index in [-0.39, 0.29) is 6.04 Å². The highest BCUT2D eigenvalue weighted by atomic mass is 19.1. The van der Waals surface area contributed by atoms with Gasteiger partial charge < -0.3 is 5.32 Å². The number of halogens is 1. The number of benzene rings is 1. The second-order valence-corrected chi connectivity index (χ2v) is 4.30. The lowest BCUT2D eigenvalue weighted by atomic mass is 9.97. The molecule has 0 heterocycles. The van der Waals surface area contributed by atoms with Crippen LogP contribution in [-0.2, 0) is 4.79 Å². The second kappa shape index (κ2) is 6.69. The maximum Gasteiger partial charge on any atom is 0.207 e. The van der Waals surface area contributed by atoms with Crippen molar-refractivity contribution >= 4 is 12.0 Å². The third kappa shape index (κ3) is 3.65. The van der Waals surface area contributed by atoms with E-state index in [1.54, 1.807) is 13.0 Å². The minimum absolute atomic E-state index is 0.0759. The van der Waals surface area contributed by atoms with Gasteiger partial charge in [0.1, 0.15) is 5.83 Å². The van der Waals surface area contributed by atoms with Crippen molar-refractivity contribution in [1.29, 1.82) is 0 Å². The molecule has 1 aromatic carbocycles. The molecule has 1 unspecified atom stereocenters. The topological polar surface area (TPSA) is 29.1 Å². The van der Waals surface area contributed by atoms with Crippen LogP contribution in [0.3, 0.4) is 0 Å². The molecule has 3 heteroatoms. The van der Waals surface area contributed by atoms with Crippen molar-refractivity contribution < 1.29 is 9.18 Å². The fourth-order valence-corrected chi connectivity index (χ4v) is 1.84. The average molecular weight is 259 g/mol. The van der Waals surface area contributed by atoms with E-state index in [9.17, 15) is 9.18 Å². The first-order valence-electron chi connectivity index (χ1n) is 5.99. The van der Waals surface area contributed by atoms with Crippen LogP contribution in [0, 0.1) is 0 Å². The van der Waals surface area contributed by atoms with Gasteiger partial charge in [-0.1, -0.05) is 43.5 Å². The van der Waals surface area contributed by atoms with E-state index in [4.69, 9.17) is 0 Å². The van der Waals surface area contributed by atoms with Crippen molar-refractivity contribution in [3.8, 4) is 0 Å². The SMILES string of the molecule is C=C/C(C)=C(\C(=C)F)c1ccc(C(C)NC=O)cc1. The molecule has 0 spiro atoms. The summed E-state index contributed by atoms with van der Waals surface area (Å²) in [6.07, 6.45) is 2.26. The van der Waals surface area contributed by atoms with Gasteiger partial charge in [-0.2, -0.15) is 0 Å². The summed E-state index contributed by atoms with van der Waals surface area (Å²) >= 11 is 0. The first-order chi connectivity index (χ1) is 9.01. The zero-order chi connectivity index (χ0) is 14.4. The molecule has 0 aliphatic heterocycles. The Bertz CT molecular complexity index is 514. The van der Waals surface area contributed by atoms with E-state index in [1.807, 2.05) is 31.2 Å². The molecule has 2 nitrogen and oxygen atoms in total. The summed E-state index contributed by atoms with van der Waals surface area (Å²) in [7, 11) is 0. The third-order valence-electron chi connectivity index (χ3n) is 2.99. The summed E-state index contributed by atoms with van der Waals surface area (Å²) in [5, 5.41) is 2.67. The Labute approximate surface area is 113 Å². The summed E-state index contributed by atoms with van der Waals surface area (Å²) < 4.78 is 13.5. The van der Waals surface area contributed by atoms with Crippen LogP contribution in [-0.4, -0.2) is 6.41 Å². The normalized spacial score (nSPS) is 13.2. The average Bonchev–Trinajstić information content (AvgIpc) is 2.39. The number of amides is 1. The lowest BCUT2D eigenvalue weighted by molar-refractivity contribution is -0.110. The molecule has 1 aromatic rings. The van der Waals surface area contributed by atoms with Crippen molar-refractivity contribution in [2.75, 3.05) is 0 Å². The third-order valence-corrected chi connectivity index (χ3v) is 2.99. The van der Waals surface area contributed by atoms with Crippen LogP contribution in [0.25, 0.3) is 5.57 Å². The van der Waals surface area contributed by atoms with E-state index in [1.165, 1.54) is 0 Å². The second-order valence-electron chi connectivity index (χ2n) is 4.30. The fraction of sp³-hybridized carbons (Fsp3) is 0.188. The molecule has 0 radical (unpaired) electrons. The highest BCUT2D eigenvalue weighted by Gasteiger charge is 2.10. The largest absolute Gasteiger partial charge is 0.352 e. The first kappa shape index (κ1) is 14.9. The number of rotatable bonds is 6. The van der Waals surface area contributed by atoms with Crippen LogP contribution < -0.4 is 5.32 Å². The maximum atomic E-state index is 13.5. The molecule has 0 bridgehead atoms. The fourth-order valence-electron chi connectivity index (χ4n) is 1.84. The van der Waals surface area contributed by atoms with Gasteiger partial charge in [0.05, 0.1) is 6.04 Å². The molecular formula is C16H18FNO. The van der Waals surface area contributed by atoms with E-state index in [0.717, 1.165) is 16.7 Å². The van der Waals surface area contributed by atoms with Crippen LogP contribution in [0.1, 0.15) is 31.0 Å². The van der Waals surface area contributed by atoms with Crippen molar-refractivity contribution in [2.45, 2.75) is 19.9 Å². The Morgan fingerprint density at radius 2 is 1.95 bits per heavy atom. The van der Waals surface area contributed by atoms with Gasteiger partial charge in [-0.3, -0.25) is 4.79 Å². The van der Waals surface area contributed by atoms with Gasteiger partial charge in [0.15, 0.2) is 0 Å². The maximum absolute atomic E-state index is 13.5. The molecule has 0 aromatic heterocycles. The molecule has 0 saturated carbocycles. The van der Waals surface area contributed by atoms with Crippen LogP contribution in [0.2, 0.25) is 0 Å². The summed E-state index contributed by atoms with van der Waals surface area (Å²) in [6, 6.07) is 7.26. The highest BCUT2D eigenvalue weighted by molar-refractivity contribution is 5.80. The van der Waals surface area contributed by atoms with Gasteiger partial charge in [-0.25, -0.2) is 4.39 Å². The molecule has 0 aliphatic carbocycles. The predicted molar refractivity (Wildman–Crippen MR) is 77.1 cm³/mol. The molecule has 0 saturated heterocycles. The zero-order valence-electron chi connectivity index (χ0n) is 11.2. The number of allylic oxidation sites excluding steroid dienone is 4. The van der Waals surface area contributed by atoms with Gasteiger partial charge in [-0.15, -0.1) is 0 Å². The molecule has 100 valence electrons. The smallest absolute Gasteiger partial charge is 0.207 e. The Balaban J connectivity index is 3.13. The molecule has 0 fully saturated rings. The van der Waals surface area contributed by atoms with Crippen molar-refractivity contribution in [2.24, 2.45) is 0 Å². The molecule has 1 rings (SSSR count). The van der Waals surface area contributed by atoms with Gasteiger partial charge in [0.25, 0.3) is 0 Å². The van der Waals surface area contributed by atoms with Crippen molar-refractivity contribution in [3.63, 3.8) is 0 Å². The lowest BCUT2D eigenvalue weighted by Gasteiger charge is -2.13. The van der Waals surface area contributed by atoms with E-state index in [2.05, 4.69) is 18.5 Å². The van der Waals surface area contributed by atoms with Crippen molar-refractivity contribution in [3.05, 3.63) is 66.0 Å². The Morgan fingerprint density at radius 1 is 1.37 bits per heavy atom. The monoisotopic (exact) mass is 259 g/mol. The summed E-state index contributed by atoms with van der Waals surface area (Å²) in [5.74, 6) is -0.482. The minimum atomic E-state index is -0.482. The van der Waals surface area contributed by atoms with Crippen LogP contribution in [0.15, 0.2) is 54.9 Å². The number of nitrogens with one attached hydrogen (secondary N) is 1. The predicted octanol–water partition coefficient (Wildman–Crippen LogP) is 3.94. The summed E-state index contributed by atoms with van der Waals surface area (Å²) in [5.41, 5.74) is 2.89. The van der Waals surface area contributed by atoms with Gasteiger partial charge in [0, 0.05) is 5.57 Å².